The fourth-order valence-electron chi connectivity index (χ4n) is 6.71. The summed E-state index contributed by atoms with van der Waals surface area (Å²) in [5, 5.41) is 4.04. The lowest BCUT2D eigenvalue weighted by atomic mass is 9.82. The maximum Gasteiger partial charge on any atom is 0.0537 e. The maximum atomic E-state index is 3.41. The minimum absolute atomic E-state index is 0. The van der Waals surface area contributed by atoms with Crippen molar-refractivity contribution in [3.8, 4) is 16.9 Å². The Bertz CT molecular complexity index is 2050. The van der Waals surface area contributed by atoms with Crippen molar-refractivity contribution >= 4 is 33.3 Å². The number of para-hydroxylation sites is 1. The van der Waals surface area contributed by atoms with Gasteiger partial charge in [-0.2, -0.15) is 0 Å². The normalized spacial score (nSPS) is 16.4. The first-order valence-corrected chi connectivity index (χ1v) is 15.8. The minimum Gasteiger partial charge on any atom is -0.359 e. The standard InChI is InChI=1S/C24H22N2.C18H18.CH4/c1-16-6-5-9-23-24(16)20-7-3-4-8-22(20)26(23)19-13-11-18(12-14-19)21-15-10-17(2)25-21;1-18(2)12-10-15(11-13-18)17-9-5-7-14-6-3-4-8-16(14)17;/h3-5,7-16,25H,6H2,1-2H3;3-12H,13H2,1-2H3;1H4. The van der Waals surface area contributed by atoms with Crippen LogP contribution in [0.5, 0.6) is 0 Å². The molecule has 6 aromatic rings. The Labute approximate surface area is 268 Å². The largest absolute Gasteiger partial charge is 0.359 e. The number of aromatic nitrogens is 2. The van der Waals surface area contributed by atoms with Gasteiger partial charge in [0.25, 0.3) is 0 Å². The van der Waals surface area contributed by atoms with Crippen LogP contribution >= 0.6 is 0 Å². The van der Waals surface area contributed by atoms with E-state index >= 15 is 0 Å². The summed E-state index contributed by atoms with van der Waals surface area (Å²) in [6, 6.07) is 37.0. The molecule has 1 unspecified atom stereocenters. The number of hydrogen-bond acceptors (Lipinski definition) is 0. The second-order valence-electron chi connectivity index (χ2n) is 13.0. The second-order valence-corrected chi connectivity index (χ2v) is 13.0. The Morgan fingerprint density at radius 2 is 1.51 bits per heavy atom. The van der Waals surface area contributed by atoms with Gasteiger partial charge in [-0.25, -0.2) is 0 Å². The van der Waals surface area contributed by atoms with Crippen LogP contribution in [0.4, 0.5) is 0 Å². The first-order chi connectivity index (χ1) is 21.4. The van der Waals surface area contributed by atoms with Crippen molar-refractivity contribution in [1.29, 1.82) is 0 Å². The number of nitrogens with zero attached hydrogens (tertiary/aromatic N) is 1. The number of allylic oxidation sites excluding steroid dienone is 5. The van der Waals surface area contributed by atoms with Gasteiger partial charge in [0.2, 0.25) is 0 Å². The summed E-state index contributed by atoms with van der Waals surface area (Å²) in [7, 11) is 0. The number of H-pyrrole nitrogens is 1. The predicted octanol–water partition coefficient (Wildman–Crippen LogP) is 12.3. The number of nitrogens with one attached hydrogen (secondary N) is 1. The summed E-state index contributed by atoms with van der Waals surface area (Å²) < 4.78 is 2.40. The van der Waals surface area contributed by atoms with Crippen molar-refractivity contribution in [2.24, 2.45) is 5.41 Å². The number of hydrogen-bond donors (Lipinski definition) is 1. The highest BCUT2D eigenvalue weighted by Crippen LogP contribution is 2.40. The van der Waals surface area contributed by atoms with Gasteiger partial charge in [0.15, 0.2) is 0 Å². The lowest BCUT2D eigenvalue weighted by Crippen LogP contribution is -2.08. The van der Waals surface area contributed by atoms with Crippen LogP contribution in [0, 0.1) is 12.3 Å². The van der Waals surface area contributed by atoms with E-state index in [9.17, 15) is 0 Å². The smallest absolute Gasteiger partial charge is 0.0537 e. The van der Waals surface area contributed by atoms with E-state index in [0.29, 0.717) is 11.3 Å². The number of benzene rings is 4. The van der Waals surface area contributed by atoms with Gasteiger partial charge in [0.1, 0.15) is 0 Å². The lowest BCUT2D eigenvalue weighted by molar-refractivity contribution is 0.486. The van der Waals surface area contributed by atoms with Crippen LogP contribution in [0.15, 0.2) is 127 Å². The Hall–Kier alpha value is -4.82. The maximum absolute atomic E-state index is 3.41. The highest BCUT2D eigenvalue weighted by molar-refractivity contribution is 5.96. The zero-order chi connectivity index (χ0) is 30.3. The molecule has 2 heteroatoms. The molecule has 1 atom stereocenters. The van der Waals surface area contributed by atoms with Crippen LogP contribution in [0.25, 0.3) is 50.3 Å². The molecule has 0 amide bonds. The van der Waals surface area contributed by atoms with Crippen LogP contribution in [0.2, 0.25) is 0 Å². The highest BCUT2D eigenvalue weighted by Gasteiger charge is 2.22. The van der Waals surface area contributed by atoms with Gasteiger partial charge in [0, 0.05) is 28.2 Å². The molecule has 226 valence electrons. The van der Waals surface area contributed by atoms with E-state index < -0.39 is 0 Å². The van der Waals surface area contributed by atoms with Crippen LogP contribution in [-0.2, 0) is 0 Å². The number of aryl methyl sites for hydroxylation is 1. The van der Waals surface area contributed by atoms with E-state index in [1.54, 1.807) is 0 Å². The zero-order valence-corrected chi connectivity index (χ0v) is 26.1. The average molecular weight is 589 g/mol. The van der Waals surface area contributed by atoms with Gasteiger partial charge in [0.05, 0.1) is 5.52 Å². The van der Waals surface area contributed by atoms with Crippen molar-refractivity contribution in [3.05, 3.63) is 150 Å². The third kappa shape index (κ3) is 5.85. The number of fused-ring (bicyclic) bond motifs is 4. The van der Waals surface area contributed by atoms with E-state index in [-0.39, 0.29) is 7.43 Å². The molecule has 0 bridgehead atoms. The van der Waals surface area contributed by atoms with Crippen LogP contribution in [-0.4, -0.2) is 9.55 Å². The fraction of sp³-hybridized carbons (Fsp3) is 0.209. The van der Waals surface area contributed by atoms with Crippen molar-refractivity contribution < 1.29 is 0 Å². The SMILES string of the molecule is C.CC1(C)C=CC(c2cccc3ccccc23)=CC1.Cc1ccc(-c2ccc(-n3c4c(c5ccccc53)C(C)CC=C4)cc2)[nH]1. The summed E-state index contributed by atoms with van der Waals surface area (Å²) in [4.78, 5) is 3.41. The van der Waals surface area contributed by atoms with Crippen LogP contribution in [0.1, 0.15) is 69.5 Å². The van der Waals surface area contributed by atoms with E-state index in [2.05, 4.69) is 171 Å². The summed E-state index contributed by atoms with van der Waals surface area (Å²) in [5.74, 6) is 0.558. The molecule has 2 aliphatic rings. The summed E-state index contributed by atoms with van der Waals surface area (Å²) in [5.41, 5.74) is 11.9. The highest BCUT2D eigenvalue weighted by atomic mass is 15.0. The molecule has 2 heterocycles. The quantitative estimate of drug-likeness (QED) is 0.212. The summed E-state index contributed by atoms with van der Waals surface area (Å²) >= 11 is 0. The first-order valence-electron chi connectivity index (χ1n) is 15.8. The van der Waals surface area contributed by atoms with Crippen LogP contribution in [0.3, 0.4) is 0 Å². The Morgan fingerprint density at radius 3 is 2.24 bits per heavy atom. The average Bonchev–Trinajstić information content (AvgIpc) is 3.63. The van der Waals surface area contributed by atoms with E-state index in [4.69, 9.17) is 0 Å². The molecule has 4 aromatic carbocycles. The molecule has 0 saturated heterocycles. The van der Waals surface area contributed by atoms with Gasteiger partial charge in [-0.1, -0.05) is 125 Å². The minimum atomic E-state index is 0. The summed E-state index contributed by atoms with van der Waals surface area (Å²) in [6.07, 6.45) is 13.8. The molecular formula is C43H44N2. The van der Waals surface area contributed by atoms with Crippen molar-refractivity contribution in [3.63, 3.8) is 0 Å². The topological polar surface area (TPSA) is 20.7 Å². The van der Waals surface area contributed by atoms with E-state index in [1.807, 2.05) is 0 Å². The Balaban J connectivity index is 0.000000166. The van der Waals surface area contributed by atoms with Crippen molar-refractivity contribution in [1.82, 2.24) is 9.55 Å². The number of rotatable bonds is 3. The summed E-state index contributed by atoms with van der Waals surface area (Å²) in [6.45, 7) is 8.97. The molecule has 0 saturated carbocycles. The van der Waals surface area contributed by atoms with Gasteiger partial charge >= 0.3 is 0 Å². The third-order valence-electron chi connectivity index (χ3n) is 9.14. The molecule has 0 fully saturated rings. The van der Waals surface area contributed by atoms with Crippen LogP contribution < -0.4 is 0 Å². The lowest BCUT2D eigenvalue weighted by Gasteiger charge is -2.23. The molecule has 0 aliphatic heterocycles. The molecule has 2 nitrogen and oxygen atoms in total. The Morgan fingerprint density at radius 1 is 0.778 bits per heavy atom. The molecule has 8 rings (SSSR count). The molecule has 0 spiro atoms. The first kappa shape index (κ1) is 30.2. The molecule has 0 radical (unpaired) electrons. The number of aromatic amines is 1. The van der Waals surface area contributed by atoms with Gasteiger partial charge in [-0.3, -0.25) is 0 Å². The Kier molecular flexibility index (Phi) is 8.25. The monoisotopic (exact) mass is 588 g/mol. The molecule has 2 aromatic heterocycles. The van der Waals surface area contributed by atoms with E-state index in [1.165, 1.54) is 66.7 Å². The van der Waals surface area contributed by atoms with Gasteiger partial charge < -0.3 is 9.55 Å². The van der Waals surface area contributed by atoms with Gasteiger partial charge in [-0.05, 0) is 101 Å². The predicted molar refractivity (Wildman–Crippen MR) is 196 cm³/mol. The van der Waals surface area contributed by atoms with E-state index in [0.717, 1.165) is 12.8 Å². The van der Waals surface area contributed by atoms with Crippen molar-refractivity contribution in [2.45, 2.75) is 53.9 Å². The second kappa shape index (κ2) is 12.3. The van der Waals surface area contributed by atoms with Gasteiger partial charge in [-0.15, -0.1) is 0 Å². The van der Waals surface area contributed by atoms with Crippen molar-refractivity contribution in [2.75, 3.05) is 0 Å². The molecule has 2 aliphatic carbocycles. The molecular weight excluding hydrogens is 544 g/mol. The zero-order valence-electron chi connectivity index (χ0n) is 26.1. The molecule has 45 heavy (non-hydrogen) atoms. The molecule has 1 N–H and O–H groups in total. The fourth-order valence-corrected chi connectivity index (χ4v) is 6.71. The third-order valence-corrected chi connectivity index (χ3v) is 9.14.